The van der Waals surface area contributed by atoms with Crippen LogP contribution >= 0.6 is 0 Å². The molecule has 1 saturated heterocycles. The van der Waals surface area contributed by atoms with Crippen molar-refractivity contribution in [3.8, 4) is 5.75 Å². The average Bonchev–Trinajstić information content (AvgIpc) is 2.87. The van der Waals surface area contributed by atoms with Crippen LogP contribution in [0.2, 0.25) is 0 Å². The zero-order valence-corrected chi connectivity index (χ0v) is 12.0. The number of likely N-dealkylation sites (N-methyl/N-ethyl adjacent to an activating group) is 2. The van der Waals surface area contributed by atoms with E-state index in [1.807, 2.05) is 0 Å². The summed E-state index contributed by atoms with van der Waals surface area (Å²) in [5, 5.41) is 9.69. The van der Waals surface area contributed by atoms with Gasteiger partial charge in [0.2, 0.25) is 0 Å². The van der Waals surface area contributed by atoms with E-state index < -0.39 is 5.82 Å². The first-order chi connectivity index (χ1) is 9.52. The third kappa shape index (κ3) is 3.10. The molecule has 1 atom stereocenters. The molecular formula is C15H21FN2O2. The van der Waals surface area contributed by atoms with Crippen LogP contribution in [-0.4, -0.2) is 53.5 Å². The predicted molar refractivity (Wildman–Crippen MR) is 75.3 cm³/mol. The Hall–Kier alpha value is -1.62. The molecule has 1 fully saturated rings. The number of likely N-dealkylation sites (tertiary alicyclic amines) is 1. The number of amides is 1. The highest BCUT2D eigenvalue weighted by Crippen LogP contribution is 2.21. The van der Waals surface area contributed by atoms with Gasteiger partial charge in [0.1, 0.15) is 11.6 Å². The maximum Gasteiger partial charge on any atom is 0.257 e. The molecule has 5 heteroatoms. The smallest absolute Gasteiger partial charge is 0.257 e. The van der Waals surface area contributed by atoms with Crippen molar-refractivity contribution in [3.05, 3.63) is 29.6 Å². The van der Waals surface area contributed by atoms with E-state index in [0.29, 0.717) is 12.6 Å². The molecule has 1 aliphatic rings. The summed E-state index contributed by atoms with van der Waals surface area (Å²) < 4.78 is 13.2. The molecule has 110 valence electrons. The third-order valence-electron chi connectivity index (χ3n) is 3.93. The maximum atomic E-state index is 13.2. The lowest BCUT2D eigenvalue weighted by molar-refractivity contribution is 0.0751. The van der Waals surface area contributed by atoms with Crippen molar-refractivity contribution >= 4 is 5.91 Å². The number of halogens is 1. The van der Waals surface area contributed by atoms with Gasteiger partial charge in [-0.25, -0.2) is 4.39 Å². The molecule has 2 rings (SSSR count). The van der Waals surface area contributed by atoms with E-state index in [4.69, 9.17) is 0 Å². The Kier molecular flexibility index (Phi) is 4.60. The number of benzene rings is 1. The normalized spacial score (nSPS) is 19.2. The third-order valence-corrected chi connectivity index (χ3v) is 3.93. The largest absolute Gasteiger partial charge is 0.507 e. The van der Waals surface area contributed by atoms with Gasteiger partial charge in [0.25, 0.3) is 5.91 Å². The summed E-state index contributed by atoms with van der Waals surface area (Å²) in [7, 11) is 1.69. The molecule has 4 nitrogen and oxygen atoms in total. The summed E-state index contributed by atoms with van der Waals surface area (Å²) in [6.07, 6.45) is 2.21. The van der Waals surface area contributed by atoms with Crippen LogP contribution in [0.1, 0.15) is 30.1 Å². The summed E-state index contributed by atoms with van der Waals surface area (Å²) >= 11 is 0. The first-order valence-corrected chi connectivity index (χ1v) is 7.01. The first-order valence-electron chi connectivity index (χ1n) is 7.01. The van der Waals surface area contributed by atoms with Crippen molar-refractivity contribution in [2.24, 2.45) is 0 Å². The number of phenols is 1. The van der Waals surface area contributed by atoms with Crippen molar-refractivity contribution in [3.63, 3.8) is 0 Å². The molecule has 1 N–H and O–H groups in total. The van der Waals surface area contributed by atoms with Gasteiger partial charge in [0.15, 0.2) is 0 Å². The van der Waals surface area contributed by atoms with Gasteiger partial charge in [0, 0.05) is 19.6 Å². The number of aromatic hydroxyl groups is 1. The fraction of sp³-hybridized carbons (Fsp3) is 0.533. The van der Waals surface area contributed by atoms with Crippen molar-refractivity contribution in [1.82, 2.24) is 9.80 Å². The van der Waals surface area contributed by atoms with Gasteiger partial charge < -0.3 is 10.0 Å². The number of rotatable bonds is 4. The van der Waals surface area contributed by atoms with Gasteiger partial charge in [-0.05, 0) is 44.1 Å². The second kappa shape index (κ2) is 6.22. The second-order valence-electron chi connectivity index (χ2n) is 5.27. The zero-order valence-electron chi connectivity index (χ0n) is 12.0. The van der Waals surface area contributed by atoms with Crippen LogP contribution in [0.15, 0.2) is 18.2 Å². The number of carbonyl (C=O) groups is 1. The van der Waals surface area contributed by atoms with Gasteiger partial charge in [-0.3, -0.25) is 9.69 Å². The summed E-state index contributed by atoms with van der Waals surface area (Å²) in [4.78, 5) is 16.2. The molecule has 1 amide bonds. The van der Waals surface area contributed by atoms with Crippen LogP contribution in [0.25, 0.3) is 0 Å². The summed E-state index contributed by atoms with van der Waals surface area (Å²) in [6, 6.07) is 3.79. The summed E-state index contributed by atoms with van der Waals surface area (Å²) in [5.74, 6) is -1.04. The lowest BCUT2D eigenvalue weighted by Gasteiger charge is -2.28. The predicted octanol–water partition coefficient (Wildman–Crippen LogP) is 2.09. The van der Waals surface area contributed by atoms with Crippen LogP contribution < -0.4 is 0 Å². The minimum atomic E-state index is -0.518. The second-order valence-corrected chi connectivity index (χ2v) is 5.27. The molecule has 0 radical (unpaired) electrons. The minimum Gasteiger partial charge on any atom is -0.507 e. The molecule has 1 unspecified atom stereocenters. The molecule has 20 heavy (non-hydrogen) atoms. The van der Waals surface area contributed by atoms with Crippen molar-refractivity contribution < 1.29 is 14.3 Å². The standard InChI is InChI=1S/C15H21FN2O2/c1-3-18-8-4-5-12(18)10-17(2)15(20)13-9-11(16)6-7-14(13)19/h6-7,9,12,19H,3-5,8,10H2,1-2H3. The fourth-order valence-corrected chi connectivity index (χ4v) is 2.80. The van der Waals surface area contributed by atoms with Crippen LogP contribution in [-0.2, 0) is 0 Å². The molecule has 1 aliphatic heterocycles. The Bertz CT molecular complexity index is 493. The number of carbonyl (C=O) groups excluding carboxylic acids is 1. The van der Waals surface area contributed by atoms with E-state index >= 15 is 0 Å². The zero-order chi connectivity index (χ0) is 14.7. The highest BCUT2D eigenvalue weighted by molar-refractivity contribution is 5.96. The highest BCUT2D eigenvalue weighted by Gasteiger charge is 2.26. The Balaban J connectivity index is 2.07. The SMILES string of the molecule is CCN1CCCC1CN(C)C(=O)c1cc(F)ccc1O. The molecule has 0 aliphatic carbocycles. The molecule has 1 aromatic rings. The first kappa shape index (κ1) is 14.8. The molecule has 0 spiro atoms. The quantitative estimate of drug-likeness (QED) is 0.918. The fourth-order valence-electron chi connectivity index (χ4n) is 2.80. The molecule has 0 saturated carbocycles. The van der Waals surface area contributed by atoms with E-state index in [9.17, 15) is 14.3 Å². The summed E-state index contributed by atoms with van der Waals surface area (Å²) in [6.45, 7) is 4.74. The molecule has 1 aromatic carbocycles. The summed E-state index contributed by atoms with van der Waals surface area (Å²) in [5.41, 5.74) is 0.0218. The Morgan fingerprint density at radius 2 is 2.30 bits per heavy atom. The topological polar surface area (TPSA) is 43.8 Å². The van der Waals surface area contributed by atoms with Crippen LogP contribution in [0.4, 0.5) is 4.39 Å². The Morgan fingerprint density at radius 1 is 1.55 bits per heavy atom. The van der Waals surface area contributed by atoms with Crippen molar-refractivity contribution in [2.45, 2.75) is 25.8 Å². The van der Waals surface area contributed by atoms with Crippen molar-refractivity contribution in [1.29, 1.82) is 0 Å². The Labute approximate surface area is 118 Å². The minimum absolute atomic E-state index is 0.0218. The van der Waals surface area contributed by atoms with E-state index in [1.54, 1.807) is 11.9 Å². The maximum absolute atomic E-state index is 13.2. The molecule has 0 aromatic heterocycles. The van der Waals surface area contributed by atoms with Gasteiger partial charge in [-0.15, -0.1) is 0 Å². The van der Waals surface area contributed by atoms with Crippen molar-refractivity contribution in [2.75, 3.05) is 26.7 Å². The number of hydrogen-bond acceptors (Lipinski definition) is 3. The van der Waals surface area contributed by atoms with E-state index in [1.165, 1.54) is 6.07 Å². The van der Waals surface area contributed by atoms with Crippen LogP contribution in [0, 0.1) is 5.82 Å². The molecule has 1 heterocycles. The number of hydrogen-bond donors (Lipinski definition) is 1. The van der Waals surface area contributed by atoms with Crippen LogP contribution in [0.5, 0.6) is 5.75 Å². The monoisotopic (exact) mass is 280 g/mol. The van der Waals surface area contributed by atoms with E-state index in [0.717, 1.165) is 38.1 Å². The average molecular weight is 280 g/mol. The van der Waals surface area contributed by atoms with E-state index in [-0.39, 0.29) is 17.2 Å². The number of nitrogens with zero attached hydrogens (tertiary/aromatic N) is 2. The Morgan fingerprint density at radius 3 is 3.00 bits per heavy atom. The number of phenolic OH excluding ortho intramolecular Hbond substituents is 1. The highest BCUT2D eigenvalue weighted by atomic mass is 19.1. The van der Waals surface area contributed by atoms with Crippen LogP contribution in [0.3, 0.4) is 0 Å². The van der Waals surface area contributed by atoms with Gasteiger partial charge in [0.05, 0.1) is 5.56 Å². The van der Waals surface area contributed by atoms with Gasteiger partial charge in [-0.1, -0.05) is 6.92 Å². The van der Waals surface area contributed by atoms with Gasteiger partial charge >= 0.3 is 0 Å². The van der Waals surface area contributed by atoms with Gasteiger partial charge in [-0.2, -0.15) is 0 Å². The molecule has 0 bridgehead atoms. The lowest BCUT2D eigenvalue weighted by Crippen LogP contribution is -2.41. The van der Waals surface area contributed by atoms with E-state index in [2.05, 4.69) is 11.8 Å². The molecular weight excluding hydrogens is 259 g/mol. The lowest BCUT2D eigenvalue weighted by atomic mass is 10.1.